The van der Waals surface area contributed by atoms with E-state index >= 15 is 0 Å². The lowest BCUT2D eigenvalue weighted by Crippen LogP contribution is -2.37. The zero-order valence-corrected chi connectivity index (χ0v) is 22.3. The van der Waals surface area contributed by atoms with Gasteiger partial charge in [-0.3, -0.25) is 14.5 Å². The first-order valence-electron chi connectivity index (χ1n) is 11.3. The number of methoxy groups -OCH3 is 1. The number of hydrogen-bond donors (Lipinski definition) is 1. The predicted octanol–water partition coefficient (Wildman–Crippen LogP) is 4.87. The normalized spacial score (nSPS) is 15.4. The van der Waals surface area contributed by atoms with Gasteiger partial charge in [-0.25, -0.2) is 0 Å². The zero-order valence-electron chi connectivity index (χ0n) is 19.3. The molecule has 0 aliphatic carbocycles. The molecule has 1 saturated heterocycles. The lowest BCUT2D eigenvalue weighted by molar-refractivity contribution is -0.130. The second kappa shape index (κ2) is 11.6. The third kappa shape index (κ3) is 6.37. The minimum atomic E-state index is -0.663. The summed E-state index contributed by atoms with van der Waals surface area (Å²) in [4.78, 5) is 29.9. The number of anilines is 1. The van der Waals surface area contributed by atoms with E-state index in [0.717, 1.165) is 20.4 Å². The Morgan fingerprint density at radius 3 is 2.34 bits per heavy atom. The third-order valence-electron chi connectivity index (χ3n) is 5.89. The topological polar surface area (TPSA) is 61.9 Å². The fourth-order valence-electron chi connectivity index (χ4n) is 4.01. The summed E-state index contributed by atoms with van der Waals surface area (Å²) in [7, 11) is 1.62. The quantitative estimate of drug-likeness (QED) is 0.281. The van der Waals surface area contributed by atoms with Gasteiger partial charge in [0.1, 0.15) is 11.8 Å². The summed E-state index contributed by atoms with van der Waals surface area (Å²) >= 11 is 7.96. The van der Waals surface area contributed by atoms with Crippen molar-refractivity contribution in [2.24, 2.45) is 0 Å². The minimum Gasteiger partial charge on any atom is -0.497 e. The van der Waals surface area contributed by atoms with Gasteiger partial charge in [-0.05, 0) is 88.8 Å². The van der Waals surface area contributed by atoms with Gasteiger partial charge < -0.3 is 15.0 Å². The summed E-state index contributed by atoms with van der Waals surface area (Å²) in [5.41, 5.74) is 2.81. The lowest BCUT2D eigenvalue weighted by atomic mass is 10.1. The molecule has 1 aliphatic heterocycles. The van der Waals surface area contributed by atoms with Crippen molar-refractivity contribution in [3.8, 4) is 5.75 Å². The monoisotopic (exact) mass is 599 g/mol. The van der Waals surface area contributed by atoms with E-state index in [1.807, 2.05) is 83.8 Å². The number of carbonyl (C=O) groups is 2. The second-order valence-electron chi connectivity index (χ2n) is 8.26. The minimum absolute atomic E-state index is 0.0168. The molecule has 2 amide bonds. The summed E-state index contributed by atoms with van der Waals surface area (Å²) in [6, 6.07) is 24.5. The van der Waals surface area contributed by atoms with Crippen LogP contribution in [0.4, 0.5) is 5.69 Å². The van der Waals surface area contributed by atoms with Crippen molar-refractivity contribution >= 4 is 57.4 Å². The van der Waals surface area contributed by atoms with Crippen LogP contribution in [0.5, 0.6) is 5.75 Å². The number of ether oxygens (including phenoxy) is 1. The Labute approximate surface area is 224 Å². The molecule has 3 aromatic rings. The average Bonchev–Trinajstić information content (AvgIpc) is 3.08. The fraction of sp³-hybridized carbons (Fsp3) is 0.222. The maximum absolute atomic E-state index is 13.5. The van der Waals surface area contributed by atoms with E-state index in [1.165, 1.54) is 0 Å². The molecule has 6 nitrogen and oxygen atoms in total. The average molecular weight is 599 g/mol. The Kier molecular flexibility index (Phi) is 8.35. The van der Waals surface area contributed by atoms with E-state index in [2.05, 4.69) is 27.9 Å². The van der Waals surface area contributed by atoms with Gasteiger partial charge in [0.25, 0.3) is 5.91 Å². The molecule has 180 valence electrons. The van der Waals surface area contributed by atoms with Crippen LogP contribution >= 0.6 is 34.8 Å². The fourth-order valence-corrected chi connectivity index (χ4v) is 4.74. The maximum atomic E-state index is 13.5. The van der Waals surface area contributed by atoms with E-state index in [4.69, 9.17) is 17.0 Å². The van der Waals surface area contributed by atoms with Gasteiger partial charge >= 0.3 is 0 Å². The molecule has 0 bridgehead atoms. The number of nitrogens with one attached hydrogen (secondary N) is 1. The summed E-state index contributed by atoms with van der Waals surface area (Å²) < 4.78 is 6.33. The van der Waals surface area contributed by atoms with Crippen molar-refractivity contribution < 1.29 is 14.3 Å². The molecule has 0 spiro atoms. The van der Waals surface area contributed by atoms with Crippen LogP contribution in [0, 0.1) is 3.57 Å². The molecule has 0 radical (unpaired) electrons. The molecular weight excluding hydrogens is 573 g/mol. The van der Waals surface area contributed by atoms with Gasteiger partial charge in [0.05, 0.1) is 13.5 Å². The molecule has 1 aliphatic rings. The van der Waals surface area contributed by atoms with Crippen molar-refractivity contribution in [2.45, 2.75) is 25.4 Å². The first-order chi connectivity index (χ1) is 16.9. The number of hydrogen-bond acceptors (Lipinski definition) is 4. The van der Waals surface area contributed by atoms with Crippen LogP contribution in [0.1, 0.15) is 17.5 Å². The highest BCUT2D eigenvalue weighted by Gasteiger charge is 2.43. The van der Waals surface area contributed by atoms with Gasteiger partial charge in [-0.1, -0.05) is 42.5 Å². The Morgan fingerprint density at radius 1 is 1.00 bits per heavy atom. The molecule has 4 rings (SSSR count). The first kappa shape index (κ1) is 25.1. The predicted molar refractivity (Wildman–Crippen MR) is 149 cm³/mol. The summed E-state index contributed by atoms with van der Waals surface area (Å²) in [5.74, 6) is 0.390. The lowest BCUT2D eigenvalue weighted by Gasteiger charge is -2.24. The number of rotatable bonds is 9. The number of amides is 2. The summed E-state index contributed by atoms with van der Waals surface area (Å²) in [6.07, 6.45) is 0.702. The van der Waals surface area contributed by atoms with Gasteiger partial charge in [0, 0.05) is 22.3 Å². The van der Waals surface area contributed by atoms with Crippen molar-refractivity contribution in [3.63, 3.8) is 0 Å². The highest BCUT2D eigenvalue weighted by atomic mass is 127. The molecule has 1 atom stereocenters. The number of halogens is 1. The number of carbonyl (C=O) groups excluding carboxylic acids is 2. The Bertz CT molecular complexity index is 1190. The first-order valence-corrected chi connectivity index (χ1v) is 12.8. The SMILES string of the molecule is COc1ccc(CN2C(=S)N(CCc3ccccc3)C(=O)C2CC(=O)Nc2ccc(I)cc2)cc1. The Balaban J connectivity index is 1.51. The summed E-state index contributed by atoms with van der Waals surface area (Å²) in [6.45, 7) is 0.897. The molecular formula is C27H26IN3O3S. The molecule has 8 heteroatoms. The molecule has 3 aromatic carbocycles. The van der Waals surface area contributed by atoms with Crippen LogP contribution in [0.15, 0.2) is 78.9 Å². The highest BCUT2D eigenvalue weighted by Crippen LogP contribution is 2.25. The molecule has 1 heterocycles. The maximum Gasteiger partial charge on any atom is 0.252 e. The molecule has 1 unspecified atom stereocenters. The number of nitrogens with zero attached hydrogens (tertiary/aromatic N) is 2. The van der Waals surface area contributed by atoms with E-state index < -0.39 is 6.04 Å². The zero-order chi connectivity index (χ0) is 24.8. The smallest absolute Gasteiger partial charge is 0.252 e. The standard InChI is InChI=1S/C27H26IN3O3S/c1-34-23-13-7-20(8-14-23)18-31-24(17-25(32)29-22-11-9-21(28)10-12-22)26(33)30(27(31)35)16-15-19-5-3-2-4-6-19/h2-14,24H,15-18H2,1H3,(H,29,32). The molecule has 0 saturated carbocycles. The van der Waals surface area contributed by atoms with E-state index in [1.54, 1.807) is 12.0 Å². The molecule has 1 fully saturated rings. The number of thiocarbonyl (C=S) groups is 1. The van der Waals surface area contributed by atoms with Crippen LogP contribution in [0.3, 0.4) is 0 Å². The third-order valence-corrected chi connectivity index (χ3v) is 7.06. The molecule has 35 heavy (non-hydrogen) atoms. The van der Waals surface area contributed by atoms with Crippen LogP contribution < -0.4 is 10.1 Å². The highest BCUT2D eigenvalue weighted by molar-refractivity contribution is 14.1. The van der Waals surface area contributed by atoms with Gasteiger partial charge in [-0.2, -0.15) is 0 Å². The van der Waals surface area contributed by atoms with Crippen LogP contribution in [0.2, 0.25) is 0 Å². The van der Waals surface area contributed by atoms with Gasteiger partial charge in [-0.15, -0.1) is 0 Å². The van der Waals surface area contributed by atoms with Crippen molar-refractivity contribution in [1.29, 1.82) is 0 Å². The molecule has 1 N–H and O–H groups in total. The van der Waals surface area contributed by atoms with E-state index in [0.29, 0.717) is 30.3 Å². The van der Waals surface area contributed by atoms with E-state index in [-0.39, 0.29) is 18.2 Å². The van der Waals surface area contributed by atoms with Crippen LogP contribution in [-0.2, 0) is 22.6 Å². The van der Waals surface area contributed by atoms with E-state index in [9.17, 15) is 9.59 Å². The largest absolute Gasteiger partial charge is 0.497 e. The molecule has 0 aromatic heterocycles. The second-order valence-corrected chi connectivity index (χ2v) is 9.87. The van der Waals surface area contributed by atoms with Gasteiger partial charge in [0.2, 0.25) is 5.91 Å². The number of benzene rings is 3. The van der Waals surface area contributed by atoms with Gasteiger partial charge in [0.15, 0.2) is 5.11 Å². The Morgan fingerprint density at radius 2 is 1.69 bits per heavy atom. The Hall–Kier alpha value is -2.98. The van der Waals surface area contributed by atoms with Crippen molar-refractivity contribution in [3.05, 3.63) is 93.6 Å². The van der Waals surface area contributed by atoms with Crippen LogP contribution in [0.25, 0.3) is 0 Å². The van der Waals surface area contributed by atoms with Crippen molar-refractivity contribution in [1.82, 2.24) is 9.80 Å². The van der Waals surface area contributed by atoms with Crippen molar-refractivity contribution in [2.75, 3.05) is 19.0 Å². The van der Waals surface area contributed by atoms with Crippen LogP contribution in [-0.4, -0.2) is 46.4 Å². The summed E-state index contributed by atoms with van der Waals surface area (Å²) in [5, 5.41) is 3.36.